The zero-order chi connectivity index (χ0) is 13.2. The van der Waals surface area contributed by atoms with Crippen molar-refractivity contribution in [2.45, 2.75) is 13.3 Å². The molecule has 0 heterocycles. The van der Waals surface area contributed by atoms with E-state index in [2.05, 4.69) is 17.6 Å². The van der Waals surface area contributed by atoms with Gasteiger partial charge in [0.05, 0.1) is 6.61 Å². The van der Waals surface area contributed by atoms with Crippen LogP contribution in [0.25, 0.3) is 0 Å². The fourth-order valence-electron chi connectivity index (χ4n) is 1.60. The molecule has 1 aromatic rings. The molecule has 4 nitrogen and oxygen atoms in total. The van der Waals surface area contributed by atoms with Crippen LogP contribution in [0, 0.1) is 0 Å². The molecule has 0 bridgehead atoms. The van der Waals surface area contributed by atoms with Gasteiger partial charge < -0.3 is 15.4 Å². The van der Waals surface area contributed by atoms with Gasteiger partial charge in [-0.25, -0.2) is 0 Å². The van der Waals surface area contributed by atoms with Gasteiger partial charge in [-0.15, -0.1) is 0 Å². The lowest BCUT2D eigenvalue weighted by Crippen LogP contribution is -2.33. The van der Waals surface area contributed by atoms with Gasteiger partial charge in [-0.1, -0.05) is 19.1 Å². The zero-order valence-corrected chi connectivity index (χ0v) is 11.2. The summed E-state index contributed by atoms with van der Waals surface area (Å²) >= 11 is 0. The Morgan fingerprint density at radius 1 is 1.28 bits per heavy atom. The average molecular weight is 250 g/mol. The molecule has 0 saturated carbocycles. The number of hydrogen-bond acceptors (Lipinski definition) is 3. The second kappa shape index (κ2) is 8.66. The predicted octanol–water partition coefficient (Wildman–Crippen LogP) is 1.21. The number of nitrogens with one attached hydrogen (secondary N) is 2. The minimum absolute atomic E-state index is 0.0150. The first-order valence-electron chi connectivity index (χ1n) is 6.34. The molecule has 4 heteroatoms. The summed E-state index contributed by atoms with van der Waals surface area (Å²) in [7, 11) is 1.67. The smallest absolute Gasteiger partial charge is 0.251 e. The lowest BCUT2D eigenvalue weighted by Gasteiger charge is -2.07. The second-order valence-electron chi connectivity index (χ2n) is 4.05. The SMILES string of the molecule is CCc1cccc(C(=O)NCCNCCOC)c1. The molecule has 1 amide bonds. The van der Waals surface area contributed by atoms with Gasteiger partial charge in [-0.3, -0.25) is 4.79 Å². The van der Waals surface area contributed by atoms with Crippen LogP contribution in [0.15, 0.2) is 24.3 Å². The highest BCUT2D eigenvalue weighted by molar-refractivity contribution is 5.94. The summed E-state index contributed by atoms with van der Waals surface area (Å²) in [6.07, 6.45) is 0.944. The van der Waals surface area contributed by atoms with E-state index in [9.17, 15) is 4.79 Å². The molecule has 0 aliphatic heterocycles. The van der Waals surface area contributed by atoms with Crippen molar-refractivity contribution in [2.24, 2.45) is 0 Å². The van der Waals surface area contributed by atoms with Crippen LogP contribution in [0.2, 0.25) is 0 Å². The van der Waals surface area contributed by atoms with Crippen molar-refractivity contribution in [3.63, 3.8) is 0 Å². The number of hydrogen-bond donors (Lipinski definition) is 2. The van der Waals surface area contributed by atoms with Gasteiger partial charge >= 0.3 is 0 Å². The number of benzene rings is 1. The van der Waals surface area contributed by atoms with Crippen LogP contribution in [0.4, 0.5) is 0 Å². The van der Waals surface area contributed by atoms with Crippen molar-refractivity contribution in [3.8, 4) is 0 Å². The molecule has 0 aliphatic rings. The highest BCUT2D eigenvalue weighted by Gasteiger charge is 2.04. The average Bonchev–Trinajstić information content (AvgIpc) is 2.42. The molecule has 2 N–H and O–H groups in total. The largest absolute Gasteiger partial charge is 0.383 e. The molecule has 0 aromatic heterocycles. The van der Waals surface area contributed by atoms with Gasteiger partial charge in [-0.05, 0) is 24.1 Å². The summed E-state index contributed by atoms with van der Waals surface area (Å²) in [5.41, 5.74) is 1.91. The Morgan fingerprint density at radius 3 is 2.83 bits per heavy atom. The van der Waals surface area contributed by atoms with E-state index in [1.165, 1.54) is 5.56 Å². The van der Waals surface area contributed by atoms with E-state index in [1.807, 2.05) is 24.3 Å². The van der Waals surface area contributed by atoms with Crippen molar-refractivity contribution >= 4 is 5.91 Å². The van der Waals surface area contributed by atoms with Crippen molar-refractivity contribution < 1.29 is 9.53 Å². The lowest BCUT2D eigenvalue weighted by molar-refractivity contribution is 0.0953. The minimum atomic E-state index is -0.0150. The molecular weight excluding hydrogens is 228 g/mol. The third-order valence-electron chi connectivity index (χ3n) is 2.67. The van der Waals surface area contributed by atoms with Gasteiger partial charge in [0, 0.05) is 32.3 Å². The Hall–Kier alpha value is -1.39. The van der Waals surface area contributed by atoms with Crippen molar-refractivity contribution in [1.29, 1.82) is 0 Å². The Kier molecular flexibility index (Phi) is 7.06. The summed E-state index contributed by atoms with van der Waals surface area (Å²) in [6.45, 7) is 4.95. The van der Waals surface area contributed by atoms with Crippen LogP contribution < -0.4 is 10.6 Å². The molecule has 1 rings (SSSR count). The number of amides is 1. The third-order valence-corrected chi connectivity index (χ3v) is 2.67. The van der Waals surface area contributed by atoms with Gasteiger partial charge in [0.15, 0.2) is 0 Å². The van der Waals surface area contributed by atoms with E-state index >= 15 is 0 Å². The van der Waals surface area contributed by atoms with Gasteiger partial charge in [0.1, 0.15) is 0 Å². The fraction of sp³-hybridized carbons (Fsp3) is 0.500. The van der Waals surface area contributed by atoms with Crippen LogP contribution in [0.3, 0.4) is 0 Å². The first-order chi connectivity index (χ1) is 8.77. The highest BCUT2D eigenvalue weighted by Crippen LogP contribution is 2.05. The van der Waals surface area contributed by atoms with Crippen molar-refractivity contribution in [3.05, 3.63) is 35.4 Å². The highest BCUT2D eigenvalue weighted by atomic mass is 16.5. The quantitative estimate of drug-likeness (QED) is 0.682. The van der Waals surface area contributed by atoms with E-state index in [0.29, 0.717) is 13.2 Å². The summed E-state index contributed by atoms with van der Waals surface area (Å²) in [6, 6.07) is 7.73. The number of carbonyl (C=O) groups is 1. The maximum Gasteiger partial charge on any atom is 0.251 e. The number of ether oxygens (including phenoxy) is 1. The summed E-state index contributed by atoms with van der Waals surface area (Å²) in [4.78, 5) is 11.8. The molecule has 100 valence electrons. The third kappa shape index (κ3) is 5.29. The first kappa shape index (κ1) is 14.7. The van der Waals surface area contributed by atoms with Crippen molar-refractivity contribution in [1.82, 2.24) is 10.6 Å². The van der Waals surface area contributed by atoms with E-state index in [4.69, 9.17) is 4.74 Å². The molecular formula is C14H22N2O2. The molecule has 0 atom stereocenters. The molecule has 0 unspecified atom stereocenters. The molecule has 1 aromatic carbocycles. The number of aryl methyl sites for hydroxylation is 1. The first-order valence-corrected chi connectivity index (χ1v) is 6.34. The Bertz CT molecular complexity index is 367. The van der Waals surface area contributed by atoms with Gasteiger partial charge in [0.2, 0.25) is 0 Å². The van der Waals surface area contributed by atoms with E-state index < -0.39 is 0 Å². The normalized spacial score (nSPS) is 10.3. The van der Waals surface area contributed by atoms with Crippen LogP contribution in [-0.4, -0.2) is 39.3 Å². The Labute approximate surface area is 109 Å². The van der Waals surface area contributed by atoms with E-state index in [-0.39, 0.29) is 5.91 Å². The Balaban J connectivity index is 2.27. The molecule has 0 saturated heterocycles. The Morgan fingerprint density at radius 2 is 2.11 bits per heavy atom. The number of methoxy groups -OCH3 is 1. The van der Waals surface area contributed by atoms with Crippen LogP contribution >= 0.6 is 0 Å². The lowest BCUT2D eigenvalue weighted by atomic mass is 10.1. The predicted molar refractivity (Wildman–Crippen MR) is 72.9 cm³/mol. The zero-order valence-electron chi connectivity index (χ0n) is 11.2. The molecule has 0 fully saturated rings. The summed E-state index contributed by atoms with van der Waals surface area (Å²) < 4.78 is 4.91. The van der Waals surface area contributed by atoms with Gasteiger partial charge in [-0.2, -0.15) is 0 Å². The van der Waals surface area contributed by atoms with Crippen LogP contribution in [0.1, 0.15) is 22.8 Å². The number of carbonyl (C=O) groups excluding carboxylic acids is 1. The fourth-order valence-corrected chi connectivity index (χ4v) is 1.60. The van der Waals surface area contributed by atoms with E-state index in [0.717, 1.165) is 25.1 Å². The number of rotatable bonds is 8. The molecule has 0 aliphatic carbocycles. The standard InChI is InChI=1S/C14H22N2O2/c1-3-12-5-4-6-13(11-12)14(17)16-8-7-15-9-10-18-2/h4-6,11,15H,3,7-10H2,1-2H3,(H,16,17). The summed E-state index contributed by atoms with van der Waals surface area (Å²) in [5.74, 6) is -0.0150. The molecule has 0 spiro atoms. The molecule has 18 heavy (non-hydrogen) atoms. The topological polar surface area (TPSA) is 50.4 Å². The van der Waals surface area contributed by atoms with E-state index in [1.54, 1.807) is 7.11 Å². The second-order valence-corrected chi connectivity index (χ2v) is 4.05. The van der Waals surface area contributed by atoms with Crippen molar-refractivity contribution in [2.75, 3.05) is 33.4 Å². The van der Waals surface area contributed by atoms with Crippen LogP contribution in [0.5, 0.6) is 0 Å². The molecule has 0 radical (unpaired) electrons. The summed E-state index contributed by atoms with van der Waals surface area (Å²) in [5, 5.41) is 6.06. The maximum absolute atomic E-state index is 11.8. The monoisotopic (exact) mass is 250 g/mol. The maximum atomic E-state index is 11.8. The van der Waals surface area contributed by atoms with Crippen LogP contribution in [-0.2, 0) is 11.2 Å². The van der Waals surface area contributed by atoms with Gasteiger partial charge in [0.25, 0.3) is 5.91 Å². The minimum Gasteiger partial charge on any atom is -0.383 e.